The molecule has 13 aromatic rings. The molecule has 2 heteroatoms. The number of fused-ring (bicyclic) bond motifs is 15. The lowest BCUT2D eigenvalue weighted by Gasteiger charge is -2.30. The van der Waals surface area contributed by atoms with E-state index in [1.807, 2.05) is 6.07 Å². The van der Waals surface area contributed by atoms with E-state index in [0.29, 0.717) is 0 Å². The fourth-order valence-corrected chi connectivity index (χ4v) is 13.0. The molecule has 0 spiro atoms. The number of hydrogen-bond acceptors (Lipinski definition) is 2. The van der Waals surface area contributed by atoms with Crippen LogP contribution in [0.1, 0.15) is 49.9 Å². The van der Waals surface area contributed by atoms with Gasteiger partial charge in [0.25, 0.3) is 0 Å². The Kier molecular flexibility index (Phi) is 8.51. The molecule has 0 saturated carbocycles. The molecule has 0 fully saturated rings. The van der Waals surface area contributed by atoms with Gasteiger partial charge in [-0.25, -0.2) is 0 Å². The van der Waals surface area contributed by atoms with E-state index in [1.54, 1.807) is 0 Å². The first kappa shape index (κ1) is 41.1. The zero-order valence-corrected chi connectivity index (χ0v) is 40.7. The van der Waals surface area contributed by atoms with Gasteiger partial charge in [-0.1, -0.05) is 191 Å². The third-order valence-corrected chi connectivity index (χ3v) is 16.6. The lowest BCUT2D eigenvalue weighted by Crippen LogP contribution is -2.18. The van der Waals surface area contributed by atoms with Gasteiger partial charge in [-0.2, -0.15) is 0 Å². The van der Waals surface area contributed by atoms with Crippen LogP contribution < -0.4 is 4.90 Å². The van der Waals surface area contributed by atoms with Crippen molar-refractivity contribution in [3.05, 3.63) is 247 Å². The molecule has 15 rings (SSSR count). The van der Waals surface area contributed by atoms with Crippen LogP contribution in [0.3, 0.4) is 0 Å². The summed E-state index contributed by atoms with van der Waals surface area (Å²) >= 11 is 0. The van der Waals surface area contributed by atoms with Crippen molar-refractivity contribution in [3.8, 4) is 44.5 Å². The topological polar surface area (TPSA) is 16.4 Å². The van der Waals surface area contributed by atoms with Crippen LogP contribution in [0.25, 0.3) is 110 Å². The highest BCUT2D eigenvalue weighted by atomic mass is 16.3. The Labute approximate surface area is 419 Å². The number of para-hydroxylation sites is 2. The Morgan fingerprint density at radius 2 is 0.750 bits per heavy atom. The standard InChI is InChI=1S/C70H49NO/c1-69(2)63-25-12-9-20-52(63)54-34-32-46(38-65(54)69)71(47-33-35-55-53-21-10-13-26-64(53)70(3,4)66(55)39-47)45-31-30-42-36-44(29-28-43(42)37-45)59-40-61-51-19-8-7-18-50(51)60(41-62(61)49-17-6-5-16-48(49)59)58-24-15-23-57-56-22-11-14-27-67(56)72-68(57)58/h5-41H,1-4H3. The van der Waals surface area contributed by atoms with Crippen molar-refractivity contribution in [2.45, 2.75) is 38.5 Å². The van der Waals surface area contributed by atoms with Crippen LogP contribution >= 0.6 is 0 Å². The van der Waals surface area contributed by atoms with Crippen LogP contribution in [0.15, 0.2) is 229 Å². The predicted molar refractivity (Wildman–Crippen MR) is 304 cm³/mol. The van der Waals surface area contributed by atoms with Gasteiger partial charge in [0, 0.05) is 44.2 Å². The normalized spacial score (nSPS) is 14.1. The number of furan rings is 1. The minimum atomic E-state index is -0.124. The minimum Gasteiger partial charge on any atom is -0.455 e. The summed E-state index contributed by atoms with van der Waals surface area (Å²) in [6, 6.07) is 83.8. The first-order valence-corrected chi connectivity index (χ1v) is 25.3. The average Bonchev–Trinajstić information content (AvgIpc) is 4.00. The maximum Gasteiger partial charge on any atom is 0.143 e. The number of rotatable bonds is 5. The van der Waals surface area contributed by atoms with Gasteiger partial charge < -0.3 is 9.32 Å². The number of anilines is 3. The second kappa shape index (κ2) is 14.9. The van der Waals surface area contributed by atoms with Gasteiger partial charge in [0.15, 0.2) is 0 Å². The Bertz CT molecular complexity index is 4360. The van der Waals surface area contributed by atoms with Gasteiger partial charge in [-0.15, -0.1) is 0 Å². The number of hydrogen-bond donors (Lipinski definition) is 0. The van der Waals surface area contributed by atoms with Crippen molar-refractivity contribution < 1.29 is 4.42 Å². The van der Waals surface area contributed by atoms with Crippen LogP contribution in [0.4, 0.5) is 17.1 Å². The minimum absolute atomic E-state index is 0.124. The summed E-state index contributed by atoms with van der Waals surface area (Å²) in [4.78, 5) is 2.48. The van der Waals surface area contributed by atoms with Crippen molar-refractivity contribution in [3.63, 3.8) is 0 Å². The highest BCUT2D eigenvalue weighted by molar-refractivity contribution is 6.25. The third-order valence-electron chi connectivity index (χ3n) is 16.6. The van der Waals surface area contributed by atoms with Crippen molar-refractivity contribution in [1.29, 1.82) is 0 Å². The quantitative estimate of drug-likeness (QED) is 0.160. The zero-order chi connectivity index (χ0) is 48.0. The third kappa shape index (κ3) is 5.78. The summed E-state index contributed by atoms with van der Waals surface area (Å²) in [6.45, 7) is 9.49. The predicted octanol–water partition coefficient (Wildman–Crippen LogP) is 19.6. The molecule has 0 saturated heterocycles. The molecule has 1 heterocycles. The zero-order valence-electron chi connectivity index (χ0n) is 40.7. The monoisotopic (exact) mass is 919 g/mol. The molecule has 2 nitrogen and oxygen atoms in total. The highest BCUT2D eigenvalue weighted by Gasteiger charge is 2.38. The summed E-state index contributed by atoms with van der Waals surface area (Å²) in [5.41, 5.74) is 20.6. The van der Waals surface area contributed by atoms with Crippen LogP contribution in [-0.2, 0) is 10.8 Å². The van der Waals surface area contributed by atoms with Crippen LogP contribution in [0, 0.1) is 0 Å². The van der Waals surface area contributed by atoms with Crippen molar-refractivity contribution in [2.24, 2.45) is 0 Å². The van der Waals surface area contributed by atoms with Crippen LogP contribution in [0.2, 0.25) is 0 Å². The molecule has 72 heavy (non-hydrogen) atoms. The molecule has 2 aliphatic rings. The number of nitrogens with zero attached hydrogens (tertiary/aromatic N) is 1. The second-order valence-corrected chi connectivity index (χ2v) is 21.2. The van der Waals surface area contributed by atoms with E-state index in [0.717, 1.165) is 44.6 Å². The van der Waals surface area contributed by atoms with Crippen molar-refractivity contribution >= 4 is 82.1 Å². The van der Waals surface area contributed by atoms with Gasteiger partial charge in [-0.3, -0.25) is 0 Å². The van der Waals surface area contributed by atoms with Gasteiger partial charge in [0.2, 0.25) is 0 Å². The lowest BCUT2D eigenvalue weighted by atomic mass is 9.82. The molecule has 0 N–H and O–H groups in total. The molecule has 2 aliphatic carbocycles. The molecule has 0 radical (unpaired) electrons. The highest BCUT2D eigenvalue weighted by Crippen LogP contribution is 2.54. The Morgan fingerprint density at radius 1 is 0.292 bits per heavy atom. The first-order chi connectivity index (χ1) is 35.2. The summed E-state index contributed by atoms with van der Waals surface area (Å²) in [5.74, 6) is 0. The van der Waals surface area contributed by atoms with E-state index in [-0.39, 0.29) is 10.8 Å². The van der Waals surface area contributed by atoms with E-state index in [4.69, 9.17) is 4.42 Å². The van der Waals surface area contributed by atoms with Crippen LogP contribution in [-0.4, -0.2) is 0 Å². The fourth-order valence-electron chi connectivity index (χ4n) is 13.0. The summed E-state index contributed by atoms with van der Waals surface area (Å²) < 4.78 is 6.63. The van der Waals surface area contributed by atoms with E-state index >= 15 is 0 Å². The van der Waals surface area contributed by atoms with Gasteiger partial charge in [-0.05, 0) is 165 Å². The molecule has 1 aromatic heterocycles. The first-order valence-electron chi connectivity index (χ1n) is 25.3. The van der Waals surface area contributed by atoms with E-state index < -0.39 is 0 Å². The summed E-state index contributed by atoms with van der Waals surface area (Å²) in [6.07, 6.45) is 0. The summed E-state index contributed by atoms with van der Waals surface area (Å²) in [5, 5.41) is 12.1. The smallest absolute Gasteiger partial charge is 0.143 e. The summed E-state index contributed by atoms with van der Waals surface area (Å²) in [7, 11) is 0. The number of benzene rings is 12. The van der Waals surface area contributed by atoms with Gasteiger partial charge in [0.05, 0.1) is 0 Å². The Balaban J connectivity index is 0.881. The molecular formula is C70H49NO. The van der Waals surface area contributed by atoms with Crippen LogP contribution in [0.5, 0.6) is 0 Å². The molecule has 0 aliphatic heterocycles. The average molecular weight is 920 g/mol. The Morgan fingerprint density at radius 3 is 1.40 bits per heavy atom. The molecule has 12 aromatic carbocycles. The van der Waals surface area contributed by atoms with E-state index in [1.165, 1.54) is 104 Å². The Hall–Kier alpha value is -8.72. The molecular weight excluding hydrogens is 871 g/mol. The molecule has 0 unspecified atom stereocenters. The van der Waals surface area contributed by atoms with Gasteiger partial charge in [0.1, 0.15) is 11.2 Å². The van der Waals surface area contributed by atoms with E-state index in [9.17, 15) is 0 Å². The maximum atomic E-state index is 6.63. The molecule has 0 atom stereocenters. The second-order valence-electron chi connectivity index (χ2n) is 21.2. The fraction of sp³-hybridized carbons (Fsp3) is 0.0857. The van der Waals surface area contributed by atoms with Gasteiger partial charge >= 0.3 is 0 Å². The molecule has 0 amide bonds. The van der Waals surface area contributed by atoms with E-state index in [2.05, 4.69) is 251 Å². The van der Waals surface area contributed by atoms with Crippen molar-refractivity contribution in [2.75, 3.05) is 4.90 Å². The maximum absolute atomic E-state index is 6.63. The van der Waals surface area contributed by atoms with Crippen molar-refractivity contribution in [1.82, 2.24) is 0 Å². The SMILES string of the molecule is CC1(C)c2ccccc2-c2ccc(N(c3ccc4c(c3)C(C)(C)c3ccccc3-4)c3ccc4cc(-c5cc6c7ccccc7c(-c7cccc8c7oc7ccccc78)cc6c6ccccc56)ccc4c3)cc21. The lowest BCUT2D eigenvalue weighted by molar-refractivity contribution is 0.660. The molecule has 340 valence electrons. The largest absolute Gasteiger partial charge is 0.455 e. The molecule has 0 bridgehead atoms.